The van der Waals surface area contributed by atoms with Gasteiger partial charge in [0.25, 0.3) is 0 Å². The Hall–Kier alpha value is -1.26. The number of amides is 3. The Morgan fingerprint density at radius 3 is 2.62 bits per heavy atom. The van der Waals surface area contributed by atoms with Crippen molar-refractivity contribution in [2.45, 2.75) is 63.5 Å². The molecule has 3 fully saturated rings. The number of rotatable bonds is 3. The molecule has 5 nitrogen and oxygen atoms in total. The van der Waals surface area contributed by atoms with Crippen LogP contribution in [0.1, 0.15) is 51.4 Å². The molecule has 21 heavy (non-hydrogen) atoms. The first-order valence-corrected chi connectivity index (χ1v) is 8.44. The number of likely N-dealkylation sites (N-methyl/N-ethyl adjacent to an activating group) is 1. The number of piperidine rings is 1. The molecule has 0 radical (unpaired) electrons. The highest BCUT2D eigenvalue weighted by Gasteiger charge is 2.43. The van der Waals surface area contributed by atoms with Gasteiger partial charge in [0, 0.05) is 32.1 Å². The molecule has 0 aromatic carbocycles. The van der Waals surface area contributed by atoms with Gasteiger partial charge in [-0.15, -0.1) is 0 Å². The van der Waals surface area contributed by atoms with Gasteiger partial charge in [0.15, 0.2) is 0 Å². The van der Waals surface area contributed by atoms with E-state index in [9.17, 15) is 9.59 Å². The topological polar surface area (TPSA) is 61.4 Å². The molecule has 0 bridgehead atoms. The lowest BCUT2D eigenvalue weighted by Gasteiger charge is -2.30. The third-order valence-electron chi connectivity index (χ3n) is 5.37. The van der Waals surface area contributed by atoms with Gasteiger partial charge in [-0.3, -0.25) is 4.79 Å². The van der Waals surface area contributed by atoms with Crippen LogP contribution < -0.4 is 10.6 Å². The number of likely N-dealkylation sites (tertiary alicyclic amines) is 1. The molecular weight excluding hydrogens is 266 g/mol. The van der Waals surface area contributed by atoms with Crippen molar-refractivity contribution in [2.24, 2.45) is 11.8 Å². The summed E-state index contributed by atoms with van der Waals surface area (Å²) in [5.41, 5.74) is 0. The summed E-state index contributed by atoms with van der Waals surface area (Å²) in [7, 11) is 1.80. The normalized spacial score (nSPS) is 33.7. The Kier molecular flexibility index (Phi) is 4.36. The largest absolute Gasteiger partial charge is 0.344 e. The lowest BCUT2D eigenvalue weighted by Crippen LogP contribution is -2.51. The second-order valence-electron chi connectivity index (χ2n) is 7.03. The number of hydrogen-bond donors (Lipinski definition) is 2. The first-order valence-electron chi connectivity index (χ1n) is 8.44. The number of carbonyl (C=O) groups excluding carboxylic acids is 2. The van der Waals surface area contributed by atoms with Gasteiger partial charge in [-0.05, 0) is 24.7 Å². The van der Waals surface area contributed by atoms with Crippen LogP contribution in [0.3, 0.4) is 0 Å². The molecule has 3 aliphatic rings. The Balaban J connectivity index is 1.38. The summed E-state index contributed by atoms with van der Waals surface area (Å²) < 4.78 is 0. The number of nitrogens with one attached hydrogen (secondary N) is 2. The van der Waals surface area contributed by atoms with E-state index >= 15 is 0 Å². The molecule has 3 rings (SSSR count). The highest BCUT2D eigenvalue weighted by atomic mass is 16.2. The van der Waals surface area contributed by atoms with Gasteiger partial charge in [-0.2, -0.15) is 0 Å². The summed E-state index contributed by atoms with van der Waals surface area (Å²) >= 11 is 0. The fourth-order valence-corrected chi connectivity index (χ4v) is 3.99. The molecular formula is C16H27N3O2. The molecule has 3 atom stereocenters. The van der Waals surface area contributed by atoms with Crippen LogP contribution in [0, 0.1) is 11.8 Å². The third-order valence-corrected chi connectivity index (χ3v) is 5.37. The molecule has 0 aromatic heterocycles. The van der Waals surface area contributed by atoms with Gasteiger partial charge < -0.3 is 15.5 Å². The van der Waals surface area contributed by atoms with Crippen LogP contribution in [0.25, 0.3) is 0 Å². The number of hydrogen-bond acceptors (Lipinski definition) is 2. The number of nitrogens with zero attached hydrogens (tertiary/aromatic N) is 1. The smallest absolute Gasteiger partial charge is 0.315 e. The molecule has 1 saturated heterocycles. The second-order valence-corrected chi connectivity index (χ2v) is 7.03. The Bertz CT molecular complexity index is 406. The van der Waals surface area contributed by atoms with E-state index in [1.54, 1.807) is 11.9 Å². The maximum absolute atomic E-state index is 12.1. The first kappa shape index (κ1) is 14.7. The van der Waals surface area contributed by atoms with Crippen LogP contribution in [0.15, 0.2) is 0 Å². The van der Waals surface area contributed by atoms with Crippen molar-refractivity contribution in [3.8, 4) is 0 Å². The molecule has 3 amide bonds. The summed E-state index contributed by atoms with van der Waals surface area (Å²) in [6.45, 7) is 0.628. The Morgan fingerprint density at radius 1 is 1.14 bits per heavy atom. The average Bonchev–Trinajstić information content (AvgIpc) is 3.23. The SMILES string of the molecule is CN1C[C@H](NC(=O)N[C@@H]2C[C@H]2C2CCCCC2)CCC1=O. The van der Waals surface area contributed by atoms with Gasteiger partial charge >= 0.3 is 6.03 Å². The fourth-order valence-electron chi connectivity index (χ4n) is 3.99. The van der Waals surface area contributed by atoms with E-state index < -0.39 is 0 Å². The Labute approximate surface area is 126 Å². The van der Waals surface area contributed by atoms with Crippen molar-refractivity contribution in [2.75, 3.05) is 13.6 Å². The van der Waals surface area contributed by atoms with Gasteiger partial charge in [0.1, 0.15) is 0 Å². The van der Waals surface area contributed by atoms with Gasteiger partial charge in [-0.25, -0.2) is 4.79 Å². The molecule has 1 heterocycles. The molecule has 2 N–H and O–H groups in total. The van der Waals surface area contributed by atoms with Crippen LogP contribution in [-0.2, 0) is 4.79 Å². The zero-order valence-electron chi connectivity index (χ0n) is 12.9. The molecule has 118 valence electrons. The van der Waals surface area contributed by atoms with E-state index in [2.05, 4.69) is 10.6 Å². The third kappa shape index (κ3) is 3.69. The maximum Gasteiger partial charge on any atom is 0.315 e. The molecule has 5 heteroatoms. The van der Waals surface area contributed by atoms with E-state index in [-0.39, 0.29) is 18.0 Å². The van der Waals surface area contributed by atoms with Gasteiger partial charge in [0.2, 0.25) is 5.91 Å². The van der Waals surface area contributed by atoms with Crippen LogP contribution in [-0.4, -0.2) is 42.5 Å². The van der Waals surface area contributed by atoms with Crippen molar-refractivity contribution in [1.82, 2.24) is 15.5 Å². The second kappa shape index (κ2) is 6.24. The lowest BCUT2D eigenvalue weighted by atomic mass is 9.85. The minimum atomic E-state index is -0.0499. The molecule has 1 aliphatic heterocycles. The van der Waals surface area contributed by atoms with E-state index in [4.69, 9.17) is 0 Å². The van der Waals surface area contributed by atoms with Gasteiger partial charge in [0.05, 0.1) is 0 Å². The predicted molar refractivity (Wildman–Crippen MR) is 80.8 cm³/mol. The predicted octanol–water partition coefficient (Wildman–Crippen LogP) is 1.88. The zero-order chi connectivity index (χ0) is 14.8. The maximum atomic E-state index is 12.1. The van der Waals surface area contributed by atoms with E-state index in [0.717, 1.165) is 18.8 Å². The van der Waals surface area contributed by atoms with Crippen molar-refractivity contribution >= 4 is 11.9 Å². The first-order chi connectivity index (χ1) is 10.1. The number of urea groups is 1. The summed E-state index contributed by atoms with van der Waals surface area (Å²) in [6.07, 6.45) is 9.25. The standard InChI is InChI=1S/C16H27N3O2/c1-19-10-12(7-8-15(19)20)17-16(21)18-14-9-13(14)11-5-3-2-4-6-11/h11-14H,2-10H2,1H3,(H2,17,18,21)/t12-,13+,14-/m1/s1. The van der Waals surface area contributed by atoms with Crippen molar-refractivity contribution in [3.63, 3.8) is 0 Å². The number of carbonyl (C=O) groups is 2. The van der Waals surface area contributed by atoms with Crippen LogP contribution in [0.5, 0.6) is 0 Å². The fraction of sp³-hybridized carbons (Fsp3) is 0.875. The summed E-state index contributed by atoms with van der Waals surface area (Å²) in [5.74, 6) is 1.72. The average molecular weight is 293 g/mol. The van der Waals surface area contributed by atoms with Gasteiger partial charge in [-0.1, -0.05) is 32.1 Å². The molecule has 0 spiro atoms. The molecule has 0 aromatic rings. The quantitative estimate of drug-likeness (QED) is 0.834. The highest BCUT2D eigenvalue weighted by Crippen LogP contribution is 2.44. The summed E-state index contributed by atoms with van der Waals surface area (Å²) in [5, 5.41) is 6.14. The van der Waals surface area contributed by atoms with Crippen LogP contribution >= 0.6 is 0 Å². The van der Waals surface area contributed by atoms with Crippen molar-refractivity contribution in [3.05, 3.63) is 0 Å². The van der Waals surface area contributed by atoms with Crippen molar-refractivity contribution in [1.29, 1.82) is 0 Å². The molecule has 0 unspecified atom stereocenters. The lowest BCUT2D eigenvalue weighted by molar-refractivity contribution is -0.132. The molecule has 2 aliphatic carbocycles. The Morgan fingerprint density at radius 2 is 1.90 bits per heavy atom. The molecule has 2 saturated carbocycles. The van der Waals surface area contributed by atoms with E-state index in [1.807, 2.05) is 0 Å². The van der Waals surface area contributed by atoms with E-state index in [1.165, 1.54) is 32.1 Å². The summed E-state index contributed by atoms with van der Waals surface area (Å²) in [4.78, 5) is 25.2. The summed E-state index contributed by atoms with van der Waals surface area (Å²) in [6, 6.07) is 0.432. The van der Waals surface area contributed by atoms with Crippen LogP contribution in [0.4, 0.5) is 4.79 Å². The minimum Gasteiger partial charge on any atom is -0.344 e. The van der Waals surface area contributed by atoms with Crippen molar-refractivity contribution < 1.29 is 9.59 Å². The van der Waals surface area contributed by atoms with Crippen LogP contribution in [0.2, 0.25) is 0 Å². The van der Waals surface area contributed by atoms with E-state index in [0.29, 0.717) is 24.9 Å². The highest BCUT2D eigenvalue weighted by molar-refractivity contribution is 5.78. The zero-order valence-corrected chi connectivity index (χ0v) is 12.9. The minimum absolute atomic E-state index is 0.0499. The monoisotopic (exact) mass is 293 g/mol.